The van der Waals surface area contributed by atoms with Crippen molar-refractivity contribution >= 4 is 55.2 Å². The van der Waals surface area contributed by atoms with Crippen LogP contribution < -0.4 is 0 Å². The highest BCUT2D eigenvalue weighted by molar-refractivity contribution is 6.14. The zero-order chi connectivity index (χ0) is 38.6. The van der Waals surface area contributed by atoms with E-state index in [2.05, 4.69) is 79.7 Å². The van der Waals surface area contributed by atoms with Crippen molar-refractivity contribution in [2.24, 2.45) is 0 Å². The fraction of sp³-hybridized carbons (Fsp3) is 0.186. The van der Waals surface area contributed by atoms with Crippen LogP contribution in [0.2, 0.25) is 0 Å². The molecule has 5 aromatic heterocycles. The lowest BCUT2D eigenvalue weighted by Gasteiger charge is -2.24. The normalized spacial score (nSPS) is 14.6. The lowest BCUT2D eigenvalue weighted by molar-refractivity contribution is 0.651. The molecule has 0 unspecified atom stereocenters. The maximum absolute atomic E-state index is 8.21. The Balaban J connectivity index is 1.32. The van der Waals surface area contributed by atoms with Crippen LogP contribution in [0, 0.1) is 13.7 Å². The third kappa shape index (κ3) is 4.51. The van der Waals surface area contributed by atoms with Crippen molar-refractivity contribution in [1.82, 2.24) is 19.5 Å². The monoisotopic (exact) mass is 646 g/mol. The Morgan fingerprint density at radius 2 is 1.45 bits per heavy atom. The molecule has 0 atom stereocenters. The van der Waals surface area contributed by atoms with Gasteiger partial charge in [-0.2, -0.15) is 0 Å². The van der Waals surface area contributed by atoms with Crippen LogP contribution in [0.1, 0.15) is 70.3 Å². The molecule has 0 aliphatic rings. The van der Waals surface area contributed by atoms with Gasteiger partial charge >= 0.3 is 0 Å². The maximum atomic E-state index is 8.21. The quantitative estimate of drug-likeness (QED) is 0.186. The van der Waals surface area contributed by atoms with Gasteiger partial charge in [0.2, 0.25) is 5.71 Å². The van der Waals surface area contributed by atoms with Gasteiger partial charge in [0, 0.05) is 31.1 Å². The predicted molar refractivity (Wildman–Crippen MR) is 200 cm³/mol. The highest BCUT2D eigenvalue weighted by atomic mass is 16.3. The van der Waals surface area contributed by atoms with Gasteiger partial charge in [0.25, 0.3) is 0 Å². The number of rotatable bonds is 5. The molecule has 0 N–H and O–H groups in total. The van der Waals surface area contributed by atoms with Crippen LogP contribution in [0.3, 0.4) is 0 Å². The molecule has 0 saturated carbocycles. The van der Waals surface area contributed by atoms with E-state index in [1.165, 1.54) is 17.2 Å². The molecular formula is C43H36N4O2. The lowest BCUT2D eigenvalue weighted by atomic mass is 9.88. The molecular weight excluding hydrogens is 604 g/mol. The van der Waals surface area contributed by atoms with Gasteiger partial charge in [0.05, 0.1) is 33.1 Å². The van der Waals surface area contributed by atoms with Crippen molar-refractivity contribution in [1.29, 1.82) is 0 Å². The smallest absolute Gasteiger partial charge is 0.228 e. The second kappa shape index (κ2) is 10.9. The fourth-order valence-electron chi connectivity index (χ4n) is 7.14. The Labute approximate surface area is 292 Å². The molecule has 0 fully saturated rings. The predicted octanol–water partition coefficient (Wildman–Crippen LogP) is 11.8. The van der Waals surface area contributed by atoms with Crippen molar-refractivity contribution in [3.05, 3.63) is 120 Å². The molecule has 5 heterocycles. The zero-order valence-corrected chi connectivity index (χ0v) is 27.5. The van der Waals surface area contributed by atoms with Crippen molar-refractivity contribution in [2.45, 2.75) is 53.2 Å². The Kier molecular flexibility index (Phi) is 5.24. The minimum atomic E-state index is -2.71. The third-order valence-corrected chi connectivity index (χ3v) is 9.44. The van der Waals surface area contributed by atoms with Gasteiger partial charge in [0.15, 0.2) is 5.58 Å². The van der Waals surface area contributed by atoms with Crippen LogP contribution in [-0.4, -0.2) is 19.5 Å². The van der Waals surface area contributed by atoms with E-state index in [1.807, 2.05) is 42.5 Å². The van der Waals surface area contributed by atoms with E-state index in [9.17, 15) is 0 Å². The first-order valence-corrected chi connectivity index (χ1v) is 16.5. The molecule has 0 bridgehead atoms. The first kappa shape index (κ1) is 23.6. The highest BCUT2D eigenvalue weighted by Gasteiger charge is 2.26. The molecule has 6 nitrogen and oxygen atoms in total. The maximum Gasteiger partial charge on any atom is 0.228 e. The van der Waals surface area contributed by atoms with Crippen LogP contribution in [0.15, 0.2) is 106 Å². The third-order valence-electron chi connectivity index (χ3n) is 9.44. The molecule has 0 saturated heterocycles. The summed E-state index contributed by atoms with van der Waals surface area (Å²) in [5, 5.41) is 1.27. The molecule has 0 aliphatic heterocycles. The van der Waals surface area contributed by atoms with E-state index in [4.69, 9.17) is 27.0 Å². The Morgan fingerprint density at radius 3 is 2.20 bits per heavy atom. The van der Waals surface area contributed by atoms with Crippen LogP contribution >= 0.6 is 0 Å². The standard InChI is InChI=1S/C43H36N4O2/c1-23(2)31-20-28(27-13-8-7-9-14-27)21-32(24(3)4)40(31)47-35-18-11-10-17-34(35)45-42(47)30-16-12-15-29-39-37(48-41(29)30)22-33-38-26(6)44-25(5)19-36(38)49-43(33)46-39/h7-24H,1-6H3/i5D3,6D3. The summed E-state index contributed by atoms with van der Waals surface area (Å²) in [5.74, 6) is 1.08. The summed E-state index contributed by atoms with van der Waals surface area (Å²) in [6, 6.07) is 32.0. The van der Waals surface area contributed by atoms with Crippen LogP contribution in [-0.2, 0) is 0 Å². The molecule has 4 aromatic carbocycles. The molecule has 0 spiro atoms. The molecule has 240 valence electrons. The van der Waals surface area contributed by atoms with Crippen LogP contribution in [0.25, 0.3) is 83.4 Å². The minimum absolute atomic E-state index is 0.0845. The van der Waals surface area contributed by atoms with E-state index in [0.29, 0.717) is 27.9 Å². The Hall–Kier alpha value is -5.75. The van der Waals surface area contributed by atoms with E-state index >= 15 is 0 Å². The SMILES string of the molecule is [2H]C([2H])([2H])c1cc2oc3nc4c(cc3c2c(C([2H])([2H])[2H])n1)oc1c(-c2nc3ccccc3n2-c2c(C(C)C)cc(-c3ccccc3)cc2C(C)C)cccc14. The van der Waals surface area contributed by atoms with Crippen molar-refractivity contribution in [3.8, 4) is 28.2 Å². The number of hydrogen-bond acceptors (Lipinski definition) is 5. The number of benzene rings is 4. The second-order valence-electron chi connectivity index (χ2n) is 13.2. The van der Waals surface area contributed by atoms with Gasteiger partial charge in [-0.25, -0.2) is 9.97 Å². The Bertz CT molecular complexity index is 2940. The molecule has 0 aliphatic carbocycles. The number of fused-ring (bicyclic) bond motifs is 7. The fourth-order valence-corrected chi connectivity index (χ4v) is 7.14. The lowest BCUT2D eigenvalue weighted by Crippen LogP contribution is -2.09. The van der Waals surface area contributed by atoms with E-state index in [1.54, 1.807) is 6.07 Å². The van der Waals surface area contributed by atoms with Gasteiger partial charge in [-0.1, -0.05) is 76.2 Å². The average Bonchev–Trinajstić information content (AvgIpc) is 3.83. The van der Waals surface area contributed by atoms with E-state index in [-0.39, 0.29) is 39.9 Å². The molecule has 6 heteroatoms. The number of nitrogens with zero attached hydrogens (tertiary/aromatic N) is 4. The van der Waals surface area contributed by atoms with Crippen molar-refractivity contribution < 1.29 is 17.1 Å². The second-order valence-corrected chi connectivity index (χ2v) is 13.2. The molecule has 0 amide bonds. The molecule has 9 rings (SSSR count). The zero-order valence-electron chi connectivity index (χ0n) is 33.5. The van der Waals surface area contributed by atoms with Crippen LogP contribution in [0.4, 0.5) is 0 Å². The summed E-state index contributed by atoms with van der Waals surface area (Å²) in [5.41, 5.74) is 9.37. The highest BCUT2D eigenvalue weighted by Crippen LogP contribution is 2.43. The summed E-state index contributed by atoms with van der Waals surface area (Å²) in [6.07, 6.45) is 0. The number of pyridine rings is 2. The number of aromatic nitrogens is 4. The number of imidazole rings is 1. The molecule has 9 aromatic rings. The van der Waals surface area contributed by atoms with Gasteiger partial charge in [-0.15, -0.1) is 0 Å². The number of para-hydroxylation sites is 3. The first-order valence-electron chi connectivity index (χ1n) is 19.5. The van der Waals surface area contributed by atoms with E-state index < -0.39 is 13.7 Å². The largest absolute Gasteiger partial charge is 0.454 e. The van der Waals surface area contributed by atoms with E-state index in [0.717, 1.165) is 38.8 Å². The number of furan rings is 2. The van der Waals surface area contributed by atoms with Crippen LogP contribution in [0.5, 0.6) is 0 Å². The van der Waals surface area contributed by atoms with Gasteiger partial charge in [0.1, 0.15) is 22.5 Å². The van der Waals surface area contributed by atoms with Gasteiger partial charge in [-0.05, 0) is 90.3 Å². The van der Waals surface area contributed by atoms with Crippen molar-refractivity contribution in [2.75, 3.05) is 0 Å². The topological polar surface area (TPSA) is 69.9 Å². The molecule has 0 radical (unpaired) electrons. The first-order chi connectivity index (χ1) is 26.2. The minimum Gasteiger partial charge on any atom is -0.454 e. The Morgan fingerprint density at radius 1 is 0.673 bits per heavy atom. The van der Waals surface area contributed by atoms with Gasteiger partial charge < -0.3 is 8.83 Å². The van der Waals surface area contributed by atoms with Gasteiger partial charge in [-0.3, -0.25) is 9.55 Å². The summed E-state index contributed by atoms with van der Waals surface area (Å²) in [6.45, 7) is 3.54. The molecule has 49 heavy (non-hydrogen) atoms. The summed E-state index contributed by atoms with van der Waals surface area (Å²) in [4.78, 5) is 14.2. The average molecular weight is 647 g/mol. The summed E-state index contributed by atoms with van der Waals surface area (Å²) < 4.78 is 63.3. The summed E-state index contributed by atoms with van der Waals surface area (Å²) in [7, 11) is 0. The van der Waals surface area contributed by atoms with Crippen molar-refractivity contribution in [3.63, 3.8) is 0 Å². The summed E-state index contributed by atoms with van der Waals surface area (Å²) >= 11 is 0. The number of hydrogen-bond donors (Lipinski definition) is 0. The number of aryl methyl sites for hydroxylation is 2.